The summed E-state index contributed by atoms with van der Waals surface area (Å²) >= 11 is 0. The molecule has 0 bridgehead atoms. The number of ketones is 1. The fraction of sp³-hybridized carbons (Fsp3) is 0.533. The Labute approximate surface area is 109 Å². The maximum atomic E-state index is 12.5. The van der Waals surface area contributed by atoms with Crippen LogP contribution >= 0.6 is 0 Å². The average Bonchev–Trinajstić information content (AvgIpc) is 2.35. The largest absolute Gasteiger partial charge is 0.305 e. The molecule has 1 N–H and O–H groups in total. The summed E-state index contributed by atoms with van der Waals surface area (Å²) < 4.78 is 0. The Morgan fingerprint density at radius 1 is 1.28 bits per heavy atom. The Morgan fingerprint density at radius 3 is 2.67 bits per heavy atom. The highest BCUT2D eigenvalue weighted by molar-refractivity contribution is 6.01. The Morgan fingerprint density at radius 2 is 2.00 bits per heavy atom. The van der Waals surface area contributed by atoms with Crippen LogP contribution in [0.4, 0.5) is 0 Å². The lowest BCUT2D eigenvalue weighted by molar-refractivity contribution is 0.0893. The molecule has 1 fully saturated rings. The minimum absolute atomic E-state index is 0.0652. The minimum Gasteiger partial charge on any atom is -0.305 e. The summed E-state index contributed by atoms with van der Waals surface area (Å²) in [6, 6.07) is 3.95. The second-order valence-corrected chi connectivity index (χ2v) is 5.31. The molecule has 3 heteroatoms. The van der Waals surface area contributed by atoms with Crippen molar-refractivity contribution < 1.29 is 4.79 Å². The van der Waals surface area contributed by atoms with Crippen LogP contribution in [0.5, 0.6) is 0 Å². The van der Waals surface area contributed by atoms with Gasteiger partial charge in [-0.1, -0.05) is 12.1 Å². The van der Waals surface area contributed by atoms with E-state index in [1.54, 1.807) is 0 Å². The number of rotatable bonds is 2. The molecule has 2 rings (SSSR count). The van der Waals surface area contributed by atoms with E-state index in [0.29, 0.717) is 0 Å². The number of benzene rings is 1. The van der Waals surface area contributed by atoms with Crippen molar-refractivity contribution in [1.82, 2.24) is 10.2 Å². The van der Waals surface area contributed by atoms with Gasteiger partial charge in [0.15, 0.2) is 5.78 Å². The lowest BCUT2D eigenvalue weighted by Crippen LogP contribution is -2.52. The summed E-state index contributed by atoms with van der Waals surface area (Å²) in [6.45, 7) is 8.91. The predicted octanol–water partition coefficient (Wildman–Crippen LogP) is 1.70. The standard InChI is InChI=1S/C15H22N2O/c1-10-5-6-13(12(3)11(10)2)15(18)14-9-17(4)8-7-16-14/h5-6,14,16H,7-9H2,1-4H3. The van der Waals surface area contributed by atoms with Crippen LogP contribution in [0.3, 0.4) is 0 Å². The number of piperazine rings is 1. The molecule has 0 radical (unpaired) electrons. The molecule has 1 saturated heterocycles. The normalized spacial score (nSPS) is 21.0. The third-order valence-corrected chi connectivity index (χ3v) is 4.02. The Balaban J connectivity index is 2.26. The second kappa shape index (κ2) is 5.21. The number of carbonyl (C=O) groups is 1. The van der Waals surface area contributed by atoms with E-state index in [1.165, 1.54) is 11.1 Å². The van der Waals surface area contributed by atoms with Crippen molar-refractivity contribution in [2.24, 2.45) is 0 Å². The maximum absolute atomic E-state index is 12.5. The maximum Gasteiger partial charge on any atom is 0.181 e. The van der Waals surface area contributed by atoms with E-state index in [1.807, 2.05) is 19.1 Å². The number of hydrogen-bond acceptors (Lipinski definition) is 3. The summed E-state index contributed by atoms with van der Waals surface area (Å²) in [5, 5.41) is 3.32. The molecule has 0 aliphatic carbocycles. The third kappa shape index (κ3) is 2.47. The van der Waals surface area contributed by atoms with Gasteiger partial charge in [0.2, 0.25) is 0 Å². The van der Waals surface area contributed by atoms with Gasteiger partial charge >= 0.3 is 0 Å². The molecule has 1 aromatic rings. The molecule has 1 aliphatic heterocycles. The fourth-order valence-electron chi connectivity index (χ4n) is 2.48. The summed E-state index contributed by atoms with van der Waals surface area (Å²) in [6.07, 6.45) is 0. The molecule has 3 nitrogen and oxygen atoms in total. The van der Waals surface area contributed by atoms with Crippen molar-refractivity contribution in [2.75, 3.05) is 26.7 Å². The summed E-state index contributed by atoms with van der Waals surface area (Å²) in [7, 11) is 2.06. The van der Waals surface area contributed by atoms with Crippen molar-refractivity contribution in [3.8, 4) is 0 Å². The number of Topliss-reactive ketones (excluding diaryl/α,β-unsaturated/α-hetero) is 1. The number of nitrogens with one attached hydrogen (secondary N) is 1. The van der Waals surface area contributed by atoms with Gasteiger partial charge in [0.25, 0.3) is 0 Å². The van der Waals surface area contributed by atoms with Crippen LogP contribution in [0.15, 0.2) is 12.1 Å². The first-order valence-electron chi connectivity index (χ1n) is 6.53. The predicted molar refractivity (Wildman–Crippen MR) is 74.3 cm³/mol. The molecule has 1 heterocycles. The van der Waals surface area contributed by atoms with Crippen LogP contribution < -0.4 is 5.32 Å². The summed E-state index contributed by atoms with van der Waals surface area (Å²) in [4.78, 5) is 14.7. The van der Waals surface area contributed by atoms with E-state index in [2.05, 4.69) is 31.1 Å². The molecule has 98 valence electrons. The summed E-state index contributed by atoms with van der Waals surface area (Å²) in [5.74, 6) is 0.224. The molecule has 18 heavy (non-hydrogen) atoms. The Bertz CT molecular complexity index is 468. The van der Waals surface area contributed by atoms with Crippen LogP contribution in [0, 0.1) is 20.8 Å². The SMILES string of the molecule is Cc1ccc(C(=O)C2CN(C)CCN2)c(C)c1C. The average molecular weight is 246 g/mol. The van der Waals surface area contributed by atoms with E-state index in [-0.39, 0.29) is 11.8 Å². The minimum atomic E-state index is -0.0652. The van der Waals surface area contributed by atoms with Crippen LogP contribution in [0.25, 0.3) is 0 Å². The van der Waals surface area contributed by atoms with E-state index < -0.39 is 0 Å². The number of nitrogens with zero attached hydrogens (tertiary/aromatic N) is 1. The van der Waals surface area contributed by atoms with Crippen LogP contribution in [0.1, 0.15) is 27.0 Å². The molecular weight excluding hydrogens is 224 g/mol. The Hall–Kier alpha value is -1.19. The first-order chi connectivity index (χ1) is 8.50. The second-order valence-electron chi connectivity index (χ2n) is 5.31. The smallest absolute Gasteiger partial charge is 0.181 e. The van der Waals surface area contributed by atoms with Gasteiger partial charge in [-0.3, -0.25) is 4.79 Å². The van der Waals surface area contributed by atoms with Crippen molar-refractivity contribution >= 4 is 5.78 Å². The first kappa shape index (κ1) is 13.2. The number of likely N-dealkylation sites (N-methyl/N-ethyl adjacent to an activating group) is 1. The zero-order valence-corrected chi connectivity index (χ0v) is 11.7. The number of hydrogen-bond donors (Lipinski definition) is 1. The lowest BCUT2D eigenvalue weighted by atomic mass is 9.93. The zero-order valence-electron chi connectivity index (χ0n) is 11.7. The topological polar surface area (TPSA) is 32.3 Å². The van der Waals surface area contributed by atoms with Crippen LogP contribution in [0.2, 0.25) is 0 Å². The quantitative estimate of drug-likeness (QED) is 0.806. The molecule has 0 spiro atoms. The van der Waals surface area contributed by atoms with Crippen molar-refractivity contribution in [3.63, 3.8) is 0 Å². The van der Waals surface area contributed by atoms with Crippen molar-refractivity contribution in [1.29, 1.82) is 0 Å². The van der Waals surface area contributed by atoms with E-state index >= 15 is 0 Å². The molecule has 1 aromatic carbocycles. The molecule has 0 saturated carbocycles. The lowest BCUT2D eigenvalue weighted by Gasteiger charge is -2.30. The molecule has 1 unspecified atom stereocenters. The van der Waals surface area contributed by atoms with Crippen molar-refractivity contribution in [2.45, 2.75) is 26.8 Å². The molecular formula is C15H22N2O. The highest BCUT2D eigenvalue weighted by atomic mass is 16.1. The van der Waals surface area contributed by atoms with E-state index in [0.717, 1.165) is 30.8 Å². The van der Waals surface area contributed by atoms with Gasteiger partial charge in [-0.25, -0.2) is 0 Å². The fourth-order valence-corrected chi connectivity index (χ4v) is 2.48. The van der Waals surface area contributed by atoms with Crippen LogP contribution in [-0.4, -0.2) is 43.4 Å². The van der Waals surface area contributed by atoms with Gasteiger partial charge < -0.3 is 10.2 Å². The highest BCUT2D eigenvalue weighted by Crippen LogP contribution is 2.19. The monoisotopic (exact) mass is 246 g/mol. The van der Waals surface area contributed by atoms with Gasteiger partial charge in [0, 0.05) is 25.2 Å². The van der Waals surface area contributed by atoms with Gasteiger partial charge in [-0.05, 0) is 44.5 Å². The molecule has 0 amide bonds. The number of aryl methyl sites for hydroxylation is 1. The van der Waals surface area contributed by atoms with Gasteiger partial charge in [-0.2, -0.15) is 0 Å². The molecule has 1 aliphatic rings. The first-order valence-corrected chi connectivity index (χ1v) is 6.53. The van der Waals surface area contributed by atoms with Gasteiger partial charge in [-0.15, -0.1) is 0 Å². The van der Waals surface area contributed by atoms with E-state index in [9.17, 15) is 4.79 Å². The zero-order chi connectivity index (χ0) is 13.3. The number of carbonyl (C=O) groups excluding carboxylic acids is 1. The molecule has 0 aromatic heterocycles. The van der Waals surface area contributed by atoms with Gasteiger partial charge in [0.05, 0.1) is 6.04 Å². The van der Waals surface area contributed by atoms with Gasteiger partial charge in [0.1, 0.15) is 0 Å². The van der Waals surface area contributed by atoms with E-state index in [4.69, 9.17) is 0 Å². The Kier molecular flexibility index (Phi) is 3.83. The van der Waals surface area contributed by atoms with Crippen molar-refractivity contribution in [3.05, 3.63) is 34.4 Å². The molecule has 1 atom stereocenters. The summed E-state index contributed by atoms with van der Waals surface area (Å²) in [5.41, 5.74) is 4.46. The third-order valence-electron chi connectivity index (χ3n) is 4.02. The highest BCUT2D eigenvalue weighted by Gasteiger charge is 2.25. The van der Waals surface area contributed by atoms with Crippen LogP contribution in [-0.2, 0) is 0 Å².